The lowest BCUT2D eigenvalue weighted by molar-refractivity contribution is 0.0117. The molecule has 10 heteroatoms. The molecule has 4 aromatic rings. The Bertz CT molecular complexity index is 1160. The van der Waals surface area contributed by atoms with E-state index in [-0.39, 0.29) is 18.7 Å². The van der Waals surface area contributed by atoms with E-state index in [0.29, 0.717) is 18.8 Å². The highest BCUT2D eigenvalue weighted by Gasteiger charge is 2.33. The van der Waals surface area contributed by atoms with Gasteiger partial charge in [0.05, 0.1) is 25.0 Å². The minimum absolute atomic E-state index is 0.0275. The molecule has 1 atom stereocenters. The van der Waals surface area contributed by atoms with Crippen molar-refractivity contribution in [1.29, 1.82) is 0 Å². The number of nitrogens with one attached hydrogen (secondary N) is 1. The summed E-state index contributed by atoms with van der Waals surface area (Å²) < 4.78 is 31.0. The van der Waals surface area contributed by atoms with Crippen LogP contribution in [0.3, 0.4) is 0 Å². The molecule has 0 aliphatic heterocycles. The van der Waals surface area contributed by atoms with Crippen LogP contribution in [0.5, 0.6) is 0 Å². The summed E-state index contributed by atoms with van der Waals surface area (Å²) in [4.78, 5) is 3.85. The lowest BCUT2D eigenvalue weighted by Crippen LogP contribution is -2.42. The summed E-state index contributed by atoms with van der Waals surface area (Å²) in [7, 11) is 0. The lowest BCUT2D eigenvalue weighted by atomic mass is 9.92. The van der Waals surface area contributed by atoms with Gasteiger partial charge < -0.3 is 10.4 Å². The minimum atomic E-state index is -1.69. The normalized spacial score (nSPS) is 13.2. The van der Waals surface area contributed by atoms with Crippen molar-refractivity contribution in [1.82, 2.24) is 35.1 Å². The highest BCUT2D eigenvalue weighted by atomic mass is 19.1. The fourth-order valence-corrected chi connectivity index (χ4v) is 3.46. The van der Waals surface area contributed by atoms with Crippen molar-refractivity contribution < 1.29 is 13.9 Å². The van der Waals surface area contributed by atoms with E-state index in [0.717, 1.165) is 17.7 Å². The van der Waals surface area contributed by atoms with Crippen LogP contribution in [-0.2, 0) is 25.2 Å². The van der Waals surface area contributed by atoms with Crippen molar-refractivity contribution in [2.75, 3.05) is 6.54 Å². The van der Waals surface area contributed by atoms with Crippen molar-refractivity contribution in [3.05, 3.63) is 95.3 Å². The van der Waals surface area contributed by atoms with Crippen molar-refractivity contribution in [3.63, 3.8) is 0 Å². The van der Waals surface area contributed by atoms with Gasteiger partial charge in [-0.15, -0.1) is 5.10 Å². The first-order valence-electron chi connectivity index (χ1n) is 10.1. The Morgan fingerprint density at radius 1 is 1.09 bits per heavy atom. The molecule has 0 amide bonds. The second-order valence-electron chi connectivity index (χ2n) is 7.75. The van der Waals surface area contributed by atoms with E-state index in [9.17, 15) is 13.9 Å². The summed E-state index contributed by atoms with van der Waals surface area (Å²) >= 11 is 0. The van der Waals surface area contributed by atoms with Crippen molar-refractivity contribution >= 4 is 0 Å². The van der Waals surface area contributed by atoms with E-state index < -0.39 is 17.2 Å². The first-order valence-corrected chi connectivity index (χ1v) is 10.1. The van der Waals surface area contributed by atoms with Crippen LogP contribution in [0.4, 0.5) is 8.78 Å². The minimum Gasteiger partial charge on any atom is -0.382 e. The number of benzene rings is 2. The second-order valence-corrected chi connectivity index (χ2v) is 7.75. The Morgan fingerprint density at radius 3 is 2.62 bits per heavy atom. The zero-order chi connectivity index (χ0) is 22.6. The molecule has 1 unspecified atom stereocenters. The molecular weight excluding hydrogens is 416 g/mol. The molecule has 4 rings (SSSR count). The third-order valence-corrected chi connectivity index (χ3v) is 5.10. The summed E-state index contributed by atoms with van der Waals surface area (Å²) in [6.07, 6.45) is 4.55. The summed E-state index contributed by atoms with van der Waals surface area (Å²) in [5.41, 5.74) is 1.23. The van der Waals surface area contributed by atoms with E-state index in [1.807, 2.05) is 37.4 Å². The number of rotatable bonds is 9. The van der Waals surface area contributed by atoms with Gasteiger partial charge in [-0.05, 0) is 18.6 Å². The van der Waals surface area contributed by atoms with Crippen molar-refractivity contribution in [2.24, 2.45) is 0 Å². The van der Waals surface area contributed by atoms with Crippen LogP contribution in [-0.4, -0.2) is 41.4 Å². The van der Waals surface area contributed by atoms with Gasteiger partial charge in [-0.2, -0.15) is 5.10 Å². The van der Waals surface area contributed by atoms with Crippen LogP contribution in [0.25, 0.3) is 0 Å². The maximum atomic E-state index is 14.5. The zero-order valence-electron chi connectivity index (χ0n) is 17.5. The van der Waals surface area contributed by atoms with E-state index in [1.165, 1.54) is 29.0 Å². The second kappa shape index (κ2) is 9.33. The van der Waals surface area contributed by atoms with Gasteiger partial charge in [-0.3, -0.25) is 0 Å². The number of halogens is 2. The van der Waals surface area contributed by atoms with Crippen LogP contribution in [0, 0.1) is 18.6 Å². The molecule has 0 aliphatic rings. The topological polar surface area (TPSA) is 93.7 Å². The number of hydrogen-bond acceptors (Lipinski definition) is 6. The molecule has 8 nitrogen and oxygen atoms in total. The molecule has 0 saturated carbocycles. The molecule has 2 N–H and O–H groups in total. The Balaban J connectivity index is 1.43. The van der Waals surface area contributed by atoms with Crippen molar-refractivity contribution in [2.45, 2.75) is 32.2 Å². The molecule has 166 valence electrons. The van der Waals surface area contributed by atoms with Crippen LogP contribution >= 0.6 is 0 Å². The predicted octanol–water partition coefficient (Wildman–Crippen LogP) is 2.18. The summed E-state index contributed by atoms with van der Waals surface area (Å²) in [5, 5.41) is 26.6. The Kier molecular flexibility index (Phi) is 6.33. The Hall–Kier alpha value is -3.50. The molecule has 0 spiro atoms. The largest absolute Gasteiger partial charge is 0.382 e. The van der Waals surface area contributed by atoms with E-state index in [4.69, 9.17) is 0 Å². The third-order valence-electron chi connectivity index (χ3n) is 5.10. The molecule has 2 heterocycles. The Labute approximate surface area is 183 Å². The van der Waals surface area contributed by atoms with Crippen LogP contribution in [0.2, 0.25) is 0 Å². The number of aryl methyl sites for hydroxylation is 1. The van der Waals surface area contributed by atoms with Crippen LogP contribution in [0.15, 0.2) is 61.3 Å². The van der Waals surface area contributed by atoms with Gasteiger partial charge in [0.25, 0.3) is 0 Å². The summed E-state index contributed by atoms with van der Waals surface area (Å²) in [6, 6.07) is 11.3. The SMILES string of the molecule is Cc1ccc(Cn2cc(CNCC(O)(Cn3cncn3)c3ccc(F)cc3F)nn2)cc1. The average molecular weight is 439 g/mol. The molecule has 0 fully saturated rings. The number of nitrogens with zero attached hydrogens (tertiary/aromatic N) is 6. The predicted molar refractivity (Wildman–Crippen MR) is 112 cm³/mol. The molecule has 0 saturated heterocycles. The smallest absolute Gasteiger partial charge is 0.137 e. The van der Waals surface area contributed by atoms with Gasteiger partial charge in [0, 0.05) is 24.7 Å². The molecule has 2 aromatic heterocycles. The van der Waals surface area contributed by atoms with Gasteiger partial charge >= 0.3 is 0 Å². The fraction of sp³-hybridized carbons (Fsp3) is 0.273. The van der Waals surface area contributed by atoms with Gasteiger partial charge in [-0.25, -0.2) is 23.1 Å². The van der Waals surface area contributed by atoms with Crippen LogP contribution < -0.4 is 5.32 Å². The average Bonchev–Trinajstić information content (AvgIpc) is 3.42. The van der Waals surface area contributed by atoms with E-state index >= 15 is 0 Å². The van der Waals surface area contributed by atoms with Gasteiger partial charge in [0.1, 0.15) is 29.9 Å². The lowest BCUT2D eigenvalue weighted by Gasteiger charge is -2.29. The van der Waals surface area contributed by atoms with Gasteiger partial charge in [-0.1, -0.05) is 41.1 Å². The zero-order valence-corrected chi connectivity index (χ0v) is 17.5. The number of hydrogen-bond donors (Lipinski definition) is 2. The molecule has 2 aromatic carbocycles. The molecule has 0 bridgehead atoms. The standard InChI is InChI=1S/C22H23F2N7O/c1-16-2-4-17(5-3-16)10-30-11-19(28-29-30)9-25-12-22(32,13-31-15-26-14-27-31)20-7-6-18(23)8-21(20)24/h2-8,11,14-15,25,32H,9-10,12-13H2,1H3. The van der Waals surface area contributed by atoms with Gasteiger partial charge in [0.15, 0.2) is 0 Å². The van der Waals surface area contributed by atoms with E-state index in [2.05, 4.69) is 25.7 Å². The highest BCUT2D eigenvalue weighted by Crippen LogP contribution is 2.26. The number of aliphatic hydroxyl groups is 1. The van der Waals surface area contributed by atoms with E-state index in [1.54, 1.807) is 4.68 Å². The fourth-order valence-electron chi connectivity index (χ4n) is 3.46. The monoisotopic (exact) mass is 439 g/mol. The van der Waals surface area contributed by atoms with Crippen molar-refractivity contribution in [3.8, 4) is 0 Å². The molecule has 0 radical (unpaired) electrons. The Morgan fingerprint density at radius 2 is 1.91 bits per heavy atom. The maximum absolute atomic E-state index is 14.5. The third kappa shape index (κ3) is 5.21. The molecule has 32 heavy (non-hydrogen) atoms. The summed E-state index contributed by atoms with van der Waals surface area (Å²) in [6.45, 7) is 2.83. The molecule has 0 aliphatic carbocycles. The number of aromatic nitrogens is 6. The van der Waals surface area contributed by atoms with Gasteiger partial charge in [0.2, 0.25) is 0 Å². The quantitative estimate of drug-likeness (QED) is 0.415. The van der Waals surface area contributed by atoms with Crippen LogP contribution in [0.1, 0.15) is 22.4 Å². The molecular formula is C22H23F2N7O. The summed E-state index contributed by atoms with van der Waals surface area (Å²) in [5.74, 6) is -1.55. The maximum Gasteiger partial charge on any atom is 0.137 e. The highest BCUT2D eigenvalue weighted by molar-refractivity contribution is 5.26. The first kappa shape index (κ1) is 21.7. The first-order chi connectivity index (χ1) is 15.4.